The van der Waals surface area contributed by atoms with Crippen LogP contribution in [0.5, 0.6) is 0 Å². The number of hydrogen-bond acceptors (Lipinski definition) is 3. The van der Waals surface area contributed by atoms with Crippen molar-refractivity contribution >= 4 is 23.4 Å². The fraction of sp³-hybridized carbons (Fsp3) is 0.556. The molecule has 2 N–H and O–H groups in total. The molecule has 5 nitrogen and oxygen atoms in total. The monoisotopic (exact) mass is 353 g/mol. The number of halogens is 1. The molecule has 0 spiro atoms. The van der Waals surface area contributed by atoms with Gasteiger partial charge in [0.15, 0.2) is 0 Å². The molecule has 0 aliphatic carbocycles. The van der Waals surface area contributed by atoms with Crippen LogP contribution in [0, 0.1) is 0 Å². The Balaban J connectivity index is 2.51. The van der Waals surface area contributed by atoms with Crippen LogP contribution in [0.1, 0.15) is 46.2 Å². The summed E-state index contributed by atoms with van der Waals surface area (Å²) in [6, 6.07) is 7.27. The van der Waals surface area contributed by atoms with E-state index < -0.39 is 0 Å². The second-order valence-corrected chi connectivity index (χ2v) is 7.38. The second-order valence-electron chi connectivity index (χ2n) is 6.94. The van der Waals surface area contributed by atoms with Gasteiger partial charge in [0.1, 0.15) is 0 Å². The molecule has 0 heterocycles. The Labute approximate surface area is 149 Å². The van der Waals surface area contributed by atoms with E-state index in [0.717, 1.165) is 5.56 Å². The molecule has 6 heteroatoms. The number of nitrogens with one attached hydrogen (secondary N) is 2. The molecule has 1 aromatic carbocycles. The Morgan fingerprint density at radius 2 is 1.67 bits per heavy atom. The Morgan fingerprint density at radius 3 is 2.17 bits per heavy atom. The van der Waals surface area contributed by atoms with E-state index in [1.807, 2.05) is 51.7 Å². The van der Waals surface area contributed by atoms with Crippen LogP contribution in [0.2, 0.25) is 5.02 Å². The van der Waals surface area contributed by atoms with Crippen molar-refractivity contribution in [3.8, 4) is 0 Å². The molecule has 0 fully saturated rings. The summed E-state index contributed by atoms with van der Waals surface area (Å²) in [6.07, 6.45) is 0. The minimum atomic E-state index is -0.276. The molecule has 0 aliphatic heterocycles. The van der Waals surface area contributed by atoms with Gasteiger partial charge in [0, 0.05) is 10.6 Å². The molecule has 0 saturated carbocycles. The lowest BCUT2D eigenvalue weighted by Crippen LogP contribution is -2.48. The topological polar surface area (TPSA) is 61.4 Å². The number of nitrogens with zero attached hydrogens (tertiary/aromatic N) is 1. The first-order chi connectivity index (χ1) is 11.1. The highest BCUT2D eigenvalue weighted by atomic mass is 35.5. The number of carbonyl (C=O) groups is 2. The third kappa shape index (κ3) is 7.79. The lowest BCUT2D eigenvalue weighted by Gasteiger charge is -2.25. The predicted molar refractivity (Wildman–Crippen MR) is 98.0 cm³/mol. The molecule has 0 bridgehead atoms. The normalized spacial score (nSPS) is 12.8. The van der Waals surface area contributed by atoms with E-state index in [0.29, 0.717) is 11.6 Å². The fourth-order valence-corrected chi connectivity index (χ4v) is 2.39. The Bertz CT molecular complexity index is 552. The quantitative estimate of drug-likeness (QED) is 0.792. The molecule has 0 saturated heterocycles. The number of likely N-dealkylation sites (N-methyl/N-ethyl adjacent to an activating group) is 1. The van der Waals surface area contributed by atoms with Crippen molar-refractivity contribution in [3.63, 3.8) is 0 Å². The highest BCUT2D eigenvalue weighted by Gasteiger charge is 2.18. The van der Waals surface area contributed by atoms with Gasteiger partial charge in [-0.2, -0.15) is 0 Å². The Hall–Kier alpha value is -1.59. The minimum absolute atomic E-state index is 0.0806. The van der Waals surface area contributed by atoms with Crippen LogP contribution < -0.4 is 10.6 Å². The van der Waals surface area contributed by atoms with E-state index in [1.54, 1.807) is 12.1 Å². The molecule has 24 heavy (non-hydrogen) atoms. The summed E-state index contributed by atoms with van der Waals surface area (Å²) in [4.78, 5) is 26.0. The predicted octanol–water partition coefficient (Wildman–Crippen LogP) is 2.75. The van der Waals surface area contributed by atoms with Crippen LogP contribution in [0.25, 0.3) is 0 Å². The van der Waals surface area contributed by atoms with Crippen molar-refractivity contribution in [3.05, 3.63) is 34.9 Å². The highest BCUT2D eigenvalue weighted by Crippen LogP contribution is 2.15. The van der Waals surface area contributed by atoms with Gasteiger partial charge in [-0.3, -0.25) is 14.5 Å². The van der Waals surface area contributed by atoms with Gasteiger partial charge in [-0.05, 0) is 51.9 Å². The molecule has 1 aromatic rings. The van der Waals surface area contributed by atoms with Crippen LogP contribution in [0.15, 0.2) is 24.3 Å². The molecular formula is C18H28ClN3O2. The summed E-state index contributed by atoms with van der Waals surface area (Å²) in [6.45, 7) is 10.7. The van der Waals surface area contributed by atoms with Gasteiger partial charge >= 0.3 is 0 Å². The molecule has 0 unspecified atom stereocenters. The molecule has 2 amide bonds. The average molecular weight is 354 g/mol. The van der Waals surface area contributed by atoms with Crippen LogP contribution in [0.4, 0.5) is 0 Å². The minimum Gasteiger partial charge on any atom is -0.350 e. The summed E-state index contributed by atoms with van der Waals surface area (Å²) in [5.41, 5.74) is 0.711. The number of hydrogen-bond donors (Lipinski definition) is 2. The van der Waals surface area contributed by atoms with Gasteiger partial charge in [-0.25, -0.2) is 0 Å². The van der Waals surface area contributed by atoms with Gasteiger partial charge in [-0.15, -0.1) is 0 Å². The zero-order chi connectivity index (χ0) is 18.3. The van der Waals surface area contributed by atoms with Crippen LogP contribution in [-0.4, -0.2) is 41.9 Å². The summed E-state index contributed by atoms with van der Waals surface area (Å²) >= 11 is 5.87. The summed E-state index contributed by atoms with van der Waals surface area (Å²) < 4.78 is 0. The molecule has 0 aliphatic rings. The van der Waals surface area contributed by atoms with Gasteiger partial charge < -0.3 is 10.6 Å². The van der Waals surface area contributed by atoms with E-state index in [2.05, 4.69) is 10.6 Å². The largest absolute Gasteiger partial charge is 0.350 e. The highest BCUT2D eigenvalue weighted by molar-refractivity contribution is 6.30. The lowest BCUT2D eigenvalue weighted by atomic mass is 10.1. The smallest absolute Gasteiger partial charge is 0.234 e. The first kappa shape index (κ1) is 20.5. The number of benzene rings is 1. The summed E-state index contributed by atoms with van der Waals surface area (Å²) in [5.74, 6) is -0.189. The standard InChI is InChI=1S/C18H28ClN3O2/c1-6-22(12-17(24)21-18(3,4)5)11-16(23)20-13(2)14-7-9-15(19)10-8-14/h7-10,13H,6,11-12H2,1-5H3,(H,20,23)(H,21,24)/t13-/m0/s1. The van der Waals surface area contributed by atoms with Crippen molar-refractivity contribution in [1.82, 2.24) is 15.5 Å². The molecular weight excluding hydrogens is 326 g/mol. The first-order valence-electron chi connectivity index (χ1n) is 8.19. The van der Waals surface area contributed by atoms with Crippen LogP contribution >= 0.6 is 11.6 Å². The van der Waals surface area contributed by atoms with Gasteiger partial charge in [-0.1, -0.05) is 30.7 Å². The van der Waals surface area contributed by atoms with Crippen LogP contribution in [-0.2, 0) is 9.59 Å². The van der Waals surface area contributed by atoms with E-state index in [-0.39, 0.29) is 36.5 Å². The maximum Gasteiger partial charge on any atom is 0.234 e. The Morgan fingerprint density at radius 1 is 1.12 bits per heavy atom. The Kier molecular flexibility index (Phi) is 7.70. The number of carbonyl (C=O) groups excluding carboxylic acids is 2. The van der Waals surface area contributed by atoms with Gasteiger partial charge in [0.25, 0.3) is 0 Å². The van der Waals surface area contributed by atoms with Crippen molar-refractivity contribution in [2.45, 2.75) is 46.2 Å². The zero-order valence-corrected chi connectivity index (χ0v) is 15.9. The van der Waals surface area contributed by atoms with E-state index in [9.17, 15) is 9.59 Å². The van der Waals surface area contributed by atoms with Crippen molar-refractivity contribution in [2.75, 3.05) is 19.6 Å². The molecule has 134 valence electrons. The summed E-state index contributed by atoms with van der Waals surface area (Å²) in [5, 5.41) is 6.52. The van der Waals surface area contributed by atoms with E-state index in [4.69, 9.17) is 11.6 Å². The third-order valence-electron chi connectivity index (χ3n) is 3.44. The van der Waals surface area contributed by atoms with Crippen molar-refractivity contribution in [1.29, 1.82) is 0 Å². The average Bonchev–Trinajstić information content (AvgIpc) is 2.44. The van der Waals surface area contributed by atoms with Gasteiger partial charge in [0.2, 0.25) is 11.8 Å². The summed E-state index contributed by atoms with van der Waals surface area (Å²) in [7, 11) is 0. The number of amides is 2. The second kappa shape index (κ2) is 9.04. The van der Waals surface area contributed by atoms with Crippen LogP contribution in [0.3, 0.4) is 0 Å². The van der Waals surface area contributed by atoms with Crippen molar-refractivity contribution < 1.29 is 9.59 Å². The number of rotatable bonds is 7. The molecule has 1 atom stereocenters. The molecule has 0 radical (unpaired) electrons. The molecule has 0 aromatic heterocycles. The first-order valence-corrected chi connectivity index (χ1v) is 8.56. The third-order valence-corrected chi connectivity index (χ3v) is 3.70. The maximum atomic E-state index is 12.2. The lowest BCUT2D eigenvalue weighted by molar-refractivity contribution is -0.126. The van der Waals surface area contributed by atoms with E-state index >= 15 is 0 Å². The van der Waals surface area contributed by atoms with Crippen molar-refractivity contribution in [2.24, 2.45) is 0 Å². The fourth-order valence-electron chi connectivity index (χ4n) is 2.27. The van der Waals surface area contributed by atoms with Gasteiger partial charge in [0.05, 0.1) is 19.1 Å². The zero-order valence-electron chi connectivity index (χ0n) is 15.1. The van der Waals surface area contributed by atoms with E-state index in [1.165, 1.54) is 0 Å². The molecule has 1 rings (SSSR count). The maximum absolute atomic E-state index is 12.2. The SMILES string of the molecule is CCN(CC(=O)N[C@@H](C)c1ccc(Cl)cc1)CC(=O)NC(C)(C)C.